The lowest BCUT2D eigenvalue weighted by Gasteiger charge is -2.57. The molecule has 0 radical (unpaired) electrons. The van der Waals surface area contributed by atoms with Crippen molar-refractivity contribution in [2.75, 3.05) is 0 Å². The maximum absolute atomic E-state index is 12.2. The molecule has 0 unspecified atom stereocenters. The molecule has 0 spiro atoms. The molecule has 2 atom stereocenters. The summed E-state index contributed by atoms with van der Waals surface area (Å²) in [4.78, 5) is 34.4. The SMILES string of the molecule is C[C@@H](NC(=O)[C@@H](N)CC(=O)O)C(=O)NC1C(C)(C)[S+]([O-])C1(C)C.Cc1ccc(S(=O)(=O)O)cc1. The molecule has 0 bridgehead atoms. The van der Waals surface area contributed by atoms with Crippen LogP contribution in [-0.4, -0.2) is 68.0 Å². The van der Waals surface area contributed by atoms with Crippen LogP contribution in [0.4, 0.5) is 0 Å². The molecule has 2 rings (SSSR count). The minimum atomic E-state index is -4.02. The Bertz CT molecular complexity index is 993. The number of benzene rings is 1. The van der Waals surface area contributed by atoms with Gasteiger partial charge in [-0.05, 0) is 64.9 Å². The molecule has 13 heteroatoms. The van der Waals surface area contributed by atoms with E-state index in [2.05, 4.69) is 10.6 Å². The van der Waals surface area contributed by atoms with Gasteiger partial charge in [0.05, 0.1) is 17.4 Å². The van der Waals surface area contributed by atoms with E-state index in [0.29, 0.717) is 0 Å². The van der Waals surface area contributed by atoms with E-state index in [1.807, 2.05) is 34.6 Å². The van der Waals surface area contributed by atoms with E-state index in [9.17, 15) is 27.4 Å². The molecule has 1 fully saturated rings. The Morgan fingerprint density at radius 2 is 1.59 bits per heavy atom. The van der Waals surface area contributed by atoms with Crippen molar-refractivity contribution in [1.29, 1.82) is 0 Å². The van der Waals surface area contributed by atoms with Crippen LogP contribution in [0.15, 0.2) is 29.2 Å². The lowest BCUT2D eigenvalue weighted by atomic mass is 9.89. The first-order valence-electron chi connectivity index (χ1n) is 10.4. The highest BCUT2D eigenvalue weighted by molar-refractivity contribution is 7.95. The number of carbonyl (C=O) groups excluding carboxylic acids is 2. The number of nitrogens with one attached hydrogen (secondary N) is 2. The molecule has 1 saturated heterocycles. The van der Waals surface area contributed by atoms with Gasteiger partial charge in [0.25, 0.3) is 10.1 Å². The zero-order chi connectivity index (χ0) is 26.6. The monoisotopic (exact) mass is 519 g/mol. The summed E-state index contributed by atoms with van der Waals surface area (Å²) < 4.78 is 40.6. The molecule has 0 aromatic heterocycles. The Hall–Kier alpha value is -2.19. The fourth-order valence-corrected chi connectivity index (χ4v) is 6.45. The molecular formula is C21H33N3O8S2. The Morgan fingerprint density at radius 3 is 2.00 bits per heavy atom. The van der Waals surface area contributed by atoms with Crippen LogP contribution in [0.25, 0.3) is 0 Å². The van der Waals surface area contributed by atoms with Gasteiger partial charge in [0.1, 0.15) is 21.6 Å². The van der Waals surface area contributed by atoms with Gasteiger partial charge in [0.2, 0.25) is 11.8 Å². The number of amides is 2. The predicted octanol–water partition coefficient (Wildman–Crippen LogP) is 0.339. The quantitative estimate of drug-likeness (QED) is 0.249. The minimum absolute atomic E-state index is 0.0666. The Balaban J connectivity index is 0.000000437. The minimum Gasteiger partial charge on any atom is -0.615 e. The summed E-state index contributed by atoms with van der Waals surface area (Å²) >= 11 is -1.08. The van der Waals surface area contributed by atoms with Crippen LogP contribution in [0.2, 0.25) is 0 Å². The molecule has 0 saturated carbocycles. The van der Waals surface area contributed by atoms with Crippen LogP contribution in [0.5, 0.6) is 0 Å². The van der Waals surface area contributed by atoms with Crippen LogP contribution < -0.4 is 16.4 Å². The van der Waals surface area contributed by atoms with Crippen molar-refractivity contribution < 1.29 is 37.0 Å². The lowest BCUT2D eigenvalue weighted by molar-refractivity contribution is -0.139. The van der Waals surface area contributed by atoms with Crippen LogP contribution in [0.3, 0.4) is 0 Å². The van der Waals surface area contributed by atoms with Gasteiger partial charge in [-0.1, -0.05) is 17.7 Å². The van der Waals surface area contributed by atoms with Crippen molar-refractivity contribution in [3.8, 4) is 0 Å². The van der Waals surface area contributed by atoms with E-state index in [1.165, 1.54) is 19.1 Å². The summed E-state index contributed by atoms with van der Waals surface area (Å²) in [7, 11) is -4.02. The smallest absolute Gasteiger partial charge is 0.305 e. The molecule has 0 aliphatic carbocycles. The predicted molar refractivity (Wildman–Crippen MR) is 127 cm³/mol. The largest absolute Gasteiger partial charge is 0.615 e. The number of aliphatic carboxylic acids is 1. The third kappa shape index (κ3) is 7.40. The Morgan fingerprint density at radius 1 is 1.12 bits per heavy atom. The van der Waals surface area contributed by atoms with Crippen molar-refractivity contribution in [3.05, 3.63) is 29.8 Å². The highest BCUT2D eigenvalue weighted by Crippen LogP contribution is 2.48. The summed E-state index contributed by atoms with van der Waals surface area (Å²) in [6.45, 7) is 10.6. The molecule has 34 heavy (non-hydrogen) atoms. The zero-order valence-electron chi connectivity index (χ0n) is 20.0. The number of carboxylic acids is 1. The molecule has 11 nitrogen and oxygen atoms in total. The Labute approximate surface area is 202 Å². The highest BCUT2D eigenvalue weighted by Gasteiger charge is 2.67. The number of carbonyl (C=O) groups is 3. The first-order chi connectivity index (χ1) is 15.3. The molecule has 2 amide bonds. The van der Waals surface area contributed by atoms with Gasteiger partial charge in [0, 0.05) is 0 Å². The average molecular weight is 520 g/mol. The van der Waals surface area contributed by atoms with Crippen LogP contribution in [0.1, 0.15) is 46.6 Å². The van der Waals surface area contributed by atoms with Gasteiger partial charge in [-0.2, -0.15) is 8.42 Å². The second-order valence-corrected chi connectivity index (χ2v) is 13.2. The molecule has 1 heterocycles. The standard InChI is InChI=1S/C14H25N3O5S.C7H8O3S/c1-7(16-11(21)8(15)6-9(18)19)10(20)17-12-13(2,3)23(22)14(12,4)5;1-6-2-4-7(5-3-6)11(8,9)10/h7-8,12H,6,15H2,1-5H3,(H,16,21)(H,17,20)(H,18,19);2-5H,1H3,(H,8,9,10)/t7-,8+,12?,23?;/m1./s1. The van der Waals surface area contributed by atoms with Gasteiger partial charge in [-0.25, -0.2) is 0 Å². The normalized spacial score (nSPS) is 22.1. The van der Waals surface area contributed by atoms with Crippen molar-refractivity contribution in [2.45, 2.75) is 80.5 Å². The summed E-state index contributed by atoms with van der Waals surface area (Å²) in [5, 5.41) is 13.8. The van der Waals surface area contributed by atoms with E-state index in [4.69, 9.17) is 15.4 Å². The van der Waals surface area contributed by atoms with Crippen LogP contribution in [0, 0.1) is 6.92 Å². The maximum Gasteiger partial charge on any atom is 0.305 e. The number of carboxylic acid groups (broad SMARTS) is 1. The van der Waals surface area contributed by atoms with Gasteiger partial charge in [0.15, 0.2) is 0 Å². The molecule has 1 aromatic rings. The average Bonchev–Trinajstić information content (AvgIpc) is 2.70. The lowest BCUT2D eigenvalue weighted by Crippen LogP contribution is -2.78. The van der Waals surface area contributed by atoms with Crippen LogP contribution >= 0.6 is 0 Å². The summed E-state index contributed by atoms with van der Waals surface area (Å²) in [6.07, 6.45) is -0.512. The molecule has 1 aliphatic heterocycles. The molecular weight excluding hydrogens is 486 g/mol. The van der Waals surface area contributed by atoms with Crippen molar-refractivity contribution in [3.63, 3.8) is 0 Å². The molecule has 1 aromatic carbocycles. The van der Waals surface area contributed by atoms with E-state index >= 15 is 0 Å². The van der Waals surface area contributed by atoms with Gasteiger partial charge in [-0.3, -0.25) is 18.9 Å². The van der Waals surface area contributed by atoms with Gasteiger partial charge < -0.3 is 26.0 Å². The first kappa shape index (κ1) is 29.8. The molecule has 192 valence electrons. The highest BCUT2D eigenvalue weighted by atomic mass is 32.2. The summed E-state index contributed by atoms with van der Waals surface area (Å²) in [5.41, 5.74) is 6.40. The van der Waals surface area contributed by atoms with E-state index in [0.717, 1.165) is 5.56 Å². The number of aryl methyl sites for hydroxylation is 1. The van der Waals surface area contributed by atoms with E-state index < -0.39 is 67.1 Å². The number of rotatable bonds is 7. The van der Waals surface area contributed by atoms with Crippen molar-refractivity contribution in [1.82, 2.24) is 10.6 Å². The molecule has 1 aliphatic rings. The maximum atomic E-state index is 12.2. The van der Waals surface area contributed by atoms with E-state index in [1.54, 1.807) is 12.1 Å². The van der Waals surface area contributed by atoms with Crippen LogP contribution in [-0.2, 0) is 35.7 Å². The first-order valence-corrected chi connectivity index (χ1v) is 12.9. The number of hydrogen-bond acceptors (Lipinski definition) is 7. The van der Waals surface area contributed by atoms with Crippen molar-refractivity contribution in [2.24, 2.45) is 5.73 Å². The fourth-order valence-electron chi connectivity index (χ4n) is 3.66. The third-order valence-electron chi connectivity index (χ3n) is 5.43. The second kappa shape index (κ2) is 11.0. The number of nitrogens with two attached hydrogens (primary N) is 1. The number of hydrogen-bond donors (Lipinski definition) is 5. The zero-order valence-corrected chi connectivity index (χ0v) is 21.6. The van der Waals surface area contributed by atoms with E-state index in [-0.39, 0.29) is 10.9 Å². The second-order valence-electron chi connectivity index (χ2n) is 9.14. The van der Waals surface area contributed by atoms with Gasteiger partial charge >= 0.3 is 5.97 Å². The summed E-state index contributed by atoms with van der Waals surface area (Å²) in [5.74, 6) is -2.32. The third-order valence-corrected chi connectivity index (χ3v) is 8.69. The molecule has 6 N–H and O–H groups in total. The topological polar surface area (TPSA) is 199 Å². The fraction of sp³-hybridized carbons (Fsp3) is 0.571. The van der Waals surface area contributed by atoms with Crippen molar-refractivity contribution >= 4 is 39.1 Å². The van der Waals surface area contributed by atoms with Gasteiger partial charge in [-0.15, -0.1) is 0 Å². The Kier molecular flexibility index (Phi) is 9.69. The summed E-state index contributed by atoms with van der Waals surface area (Å²) in [6, 6.07) is 3.60.